The zero-order chi connectivity index (χ0) is 14.5. The van der Waals surface area contributed by atoms with Crippen molar-refractivity contribution < 1.29 is 20.8 Å². The standard InChI is InChI=1S/C16H15N.2ClH.Zr/c1-11-8-13-10-12(2)16(14(13)9-11)15-6-4-3-5-7-17-15;;;/h3-10,17H,1-2H3;2*1H;/q;;;+2/p-2. The van der Waals surface area contributed by atoms with Crippen LogP contribution in [-0.4, -0.2) is 0 Å². The molecule has 3 aliphatic rings. The van der Waals surface area contributed by atoms with E-state index in [4.69, 9.17) is 17.0 Å². The number of nitrogens with one attached hydrogen (secondary N) is 1. The Morgan fingerprint density at radius 1 is 1.00 bits per heavy atom. The topological polar surface area (TPSA) is 12.0 Å². The molecule has 0 unspecified atom stereocenters. The van der Waals surface area contributed by atoms with Gasteiger partial charge in [-0.2, -0.15) is 0 Å². The fraction of sp³-hybridized carbons (Fsp3) is 0.125. The van der Waals surface area contributed by atoms with Gasteiger partial charge >= 0.3 is 37.9 Å². The Kier molecular flexibility index (Phi) is 5.90. The van der Waals surface area contributed by atoms with Crippen LogP contribution in [0.1, 0.15) is 13.8 Å². The summed E-state index contributed by atoms with van der Waals surface area (Å²) in [5, 5.41) is 3.34. The minimum atomic E-state index is -0.826. The van der Waals surface area contributed by atoms with Gasteiger partial charge in [0.15, 0.2) is 0 Å². The van der Waals surface area contributed by atoms with Gasteiger partial charge in [-0.05, 0) is 48.3 Å². The van der Waals surface area contributed by atoms with Crippen LogP contribution in [0.3, 0.4) is 0 Å². The average molecular weight is 383 g/mol. The van der Waals surface area contributed by atoms with Gasteiger partial charge in [-0.1, -0.05) is 30.4 Å². The van der Waals surface area contributed by atoms with Gasteiger partial charge in [-0.3, -0.25) is 0 Å². The normalized spacial score (nSPS) is 19.0. The number of hydrogen-bond acceptors (Lipinski definition) is 1. The van der Waals surface area contributed by atoms with Crippen LogP contribution in [0.25, 0.3) is 0 Å². The Hall–Kier alpha value is -0.557. The van der Waals surface area contributed by atoms with E-state index in [2.05, 4.69) is 49.5 Å². The molecule has 0 bridgehead atoms. The average Bonchev–Trinajstić information content (AvgIpc) is 2.74. The Morgan fingerprint density at radius 3 is 2.50 bits per heavy atom. The molecule has 2 aliphatic carbocycles. The summed E-state index contributed by atoms with van der Waals surface area (Å²) in [6, 6.07) is 0. The molecule has 0 radical (unpaired) electrons. The van der Waals surface area contributed by atoms with Gasteiger partial charge in [-0.15, -0.1) is 0 Å². The van der Waals surface area contributed by atoms with E-state index in [-0.39, 0.29) is 0 Å². The molecule has 1 nitrogen and oxygen atoms in total. The van der Waals surface area contributed by atoms with Crippen molar-refractivity contribution >= 4 is 17.0 Å². The minimum absolute atomic E-state index is 0.826. The molecule has 3 rings (SSSR count). The molecule has 20 heavy (non-hydrogen) atoms. The summed E-state index contributed by atoms with van der Waals surface area (Å²) in [4.78, 5) is 0. The van der Waals surface area contributed by atoms with E-state index in [1.165, 1.54) is 33.6 Å². The summed E-state index contributed by atoms with van der Waals surface area (Å²) < 4.78 is 0. The van der Waals surface area contributed by atoms with Crippen LogP contribution in [0, 0.1) is 0 Å². The molecule has 0 aromatic carbocycles. The first-order valence-corrected chi connectivity index (χ1v) is 12.6. The fourth-order valence-electron chi connectivity index (χ4n) is 2.50. The second kappa shape index (κ2) is 7.45. The second-order valence-corrected chi connectivity index (χ2v) is 8.38. The molecule has 0 aromatic heterocycles. The first-order chi connectivity index (χ1) is 9.67. The zero-order valence-electron chi connectivity index (χ0n) is 11.4. The van der Waals surface area contributed by atoms with Gasteiger partial charge in [0.05, 0.1) is 0 Å². The summed E-state index contributed by atoms with van der Waals surface area (Å²) in [6.45, 7) is 4.32. The molecule has 102 valence electrons. The Labute approximate surface area is 138 Å². The van der Waals surface area contributed by atoms with Gasteiger partial charge in [0, 0.05) is 17.5 Å². The van der Waals surface area contributed by atoms with E-state index in [1.807, 2.05) is 18.4 Å². The van der Waals surface area contributed by atoms with Crippen LogP contribution in [0.2, 0.25) is 0 Å². The fourth-order valence-corrected chi connectivity index (χ4v) is 2.50. The quantitative estimate of drug-likeness (QED) is 0.667. The molecular weight excluding hydrogens is 368 g/mol. The van der Waals surface area contributed by atoms with E-state index in [0.29, 0.717) is 0 Å². The Morgan fingerprint density at radius 2 is 1.75 bits per heavy atom. The van der Waals surface area contributed by atoms with Crippen LogP contribution in [0.5, 0.6) is 0 Å². The molecule has 4 heteroatoms. The van der Waals surface area contributed by atoms with E-state index in [9.17, 15) is 0 Å². The van der Waals surface area contributed by atoms with Crippen molar-refractivity contribution in [3.63, 3.8) is 0 Å². The van der Waals surface area contributed by atoms with Crippen LogP contribution in [0.4, 0.5) is 0 Å². The van der Waals surface area contributed by atoms with Gasteiger partial charge in [0.25, 0.3) is 0 Å². The molecule has 0 fully saturated rings. The molecule has 0 atom stereocenters. The molecule has 0 saturated carbocycles. The van der Waals surface area contributed by atoms with Crippen LogP contribution < -0.4 is 5.32 Å². The number of hydrogen-bond donors (Lipinski definition) is 1. The Bertz CT molecular complexity index is 616. The zero-order valence-corrected chi connectivity index (χ0v) is 15.3. The van der Waals surface area contributed by atoms with Crippen molar-refractivity contribution in [2.45, 2.75) is 13.8 Å². The molecule has 0 spiro atoms. The molecule has 1 N–H and O–H groups in total. The van der Waals surface area contributed by atoms with Crippen LogP contribution in [-0.2, 0) is 20.8 Å². The first-order valence-electron chi connectivity index (χ1n) is 6.27. The Balaban J connectivity index is 0.000000452. The number of halogens is 2. The number of fused-ring (bicyclic) bond motifs is 1. The van der Waals surface area contributed by atoms with E-state index < -0.39 is 20.8 Å². The van der Waals surface area contributed by atoms with Crippen molar-refractivity contribution in [2.75, 3.05) is 0 Å². The summed E-state index contributed by atoms with van der Waals surface area (Å²) in [5.41, 5.74) is 7.85. The summed E-state index contributed by atoms with van der Waals surface area (Å²) in [7, 11) is 9.87. The maximum absolute atomic E-state index is 4.93. The van der Waals surface area contributed by atoms with Crippen molar-refractivity contribution in [3.8, 4) is 0 Å². The van der Waals surface area contributed by atoms with Crippen LogP contribution in [0.15, 0.2) is 82.3 Å². The summed E-state index contributed by atoms with van der Waals surface area (Å²) in [5.74, 6) is 0. The van der Waals surface area contributed by atoms with E-state index in [1.54, 1.807) is 0 Å². The van der Waals surface area contributed by atoms with Gasteiger partial charge in [0.2, 0.25) is 0 Å². The summed E-state index contributed by atoms with van der Waals surface area (Å²) >= 11 is -0.826. The molecule has 0 aromatic rings. The molecule has 0 amide bonds. The third-order valence-electron chi connectivity index (χ3n) is 3.19. The van der Waals surface area contributed by atoms with E-state index in [0.717, 1.165) is 0 Å². The maximum atomic E-state index is 4.93. The van der Waals surface area contributed by atoms with Crippen molar-refractivity contribution in [3.05, 3.63) is 82.3 Å². The second-order valence-electron chi connectivity index (χ2n) is 4.64. The van der Waals surface area contributed by atoms with Crippen molar-refractivity contribution in [1.29, 1.82) is 0 Å². The van der Waals surface area contributed by atoms with Crippen molar-refractivity contribution in [1.82, 2.24) is 5.32 Å². The molecular formula is C16H15Cl2NZr. The molecule has 0 saturated heterocycles. The third-order valence-corrected chi connectivity index (χ3v) is 3.19. The van der Waals surface area contributed by atoms with Gasteiger partial charge in [-0.25, -0.2) is 0 Å². The molecule has 1 heterocycles. The predicted octanol–water partition coefficient (Wildman–Crippen LogP) is 5.06. The van der Waals surface area contributed by atoms with Gasteiger partial charge < -0.3 is 5.32 Å². The van der Waals surface area contributed by atoms with Crippen LogP contribution >= 0.6 is 17.0 Å². The number of rotatable bonds is 1. The third kappa shape index (κ3) is 3.55. The SMILES string of the molecule is CC1=CC2=CC(C)=C(C3=CC=CC=CN3)C2=C1.[Cl][Zr][Cl]. The summed E-state index contributed by atoms with van der Waals surface area (Å²) in [6.07, 6.45) is 17.0. The first kappa shape index (κ1) is 15.8. The molecule has 1 aliphatic heterocycles. The monoisotopic (exact) mass is 381 g/mol. The number of allylic oxidation sites excluding steroid dienone is 11. The van der Waals surface area contributed by atoms with Crippen molar-refractivity contribution in [2.24, 2.45) is 0 Å². The predicted molar refractivity (Wildman–Crippen MR) is 83.8 cm³/mol. The van der Waals surface area contributed by atoms with Gasteiger partial charge in [0.1, 0.15) is 0 Å². The van der Waals surface area contributed by atoms with E-state index >= 15 is 0 Å².